The van der Waals surface area contributed by atoms with Gasteiger partial charge in [0.25, 0.3) is 0 Å². The Balaban J connectivity index is 2.34. The quantitative estimate of drug-likeness (QED) is 0.628. The molecule has 0 aliphatic carbocycles. The van der Waals surface area contributed by atoms with Crippen LogP contribution in [0.4, 0.5) is 10.5 Å². The van der Waals surface area contributed by atoms with Crippen molar-refractivity contribution in [2.75, 3.05) is 5.43 Å². The standard InChI is InChI=1S/C8H7N3O2/c12-8(13)11-9-5-6-3-1-2-4-7(6)10-11/h1-5,10H,(H,12,13). The molecule has 0 fully saturated rings. The number of hydrogen-bond donors (Lipinski definition) is 2. The molecular formula is C8H7N3O2. The van der Waals surface area contributed by atoms with Crippen LogP contribution in [0.5, 0.6) is 0 Å². The predicted octanol–water partition coefficient (Wildman–Crippen LogP) is 1.34. The molecule has 1 amide bonds. The summed E-state index contributed by atoms with van der Waals surface area (Å²) >= 11 is 0. The number of nitrogens with one attached hydrogen (secondary N) is 1. The Morgan fingerprint density at radius 2 is 2.23 bits per heavy atom. The summed E-state index contributed by atoms with van der Waals surface area (Å²) in [6.45, 7) is 0. The third-order valence-electron chi connectivity index (χ3n) is 1.68. The van der Waals surface area contributed by atoms with Gasteiger partial charge in [0, 0.05) is 5.56 Å². The van der Waals surface area contributed by atoms with E-state index in [0.717, 1.165) is 16.4 Å². The highest BCUT2D eigenvalue weighted by Crippen LogP contribution is 2.17. The van der Waals surface area contributed by atoms with Crippen molar-refractivity contribution in [3.05, 3.63) is 29.8 Å². The van der Waals surface area contributed by atoms with Gasteiger partial charge in [-0.05, 0) is 6.07 Å². The van der Waals surface area contributed by atoms with E-state index >= 15 is 0 Å². The molecule has 1 aromatic rings. The molecule has 5 nitrogen and oxygen atoms in total. The lowest BCUT2D eigenvalue weighted by atomic mass is 10.2. The van der Waals surface area contributed by atoms with E-state index in [1.165, 1.54) is 6.21 Å². The van der Waals surface area contributed by atoms with Gasteiger partial charge >= 0.3 is 6.09 Å². The number of para-hydroxylation sites is 1. The average Bonchev–Trinajstić information content (AvgIpc) is 2.17. The molecule has 0 bridgehead atoms. The normalized spacial score (nSPS) is 13.4. The molecule has 1 heterocycles. The van der Waals surface area contributed by atoms with Crippen LogP contribution in [-0.2, 0) is 0 Å². The Morgan fingerprint density at radius 1 is 1.46 bits per heavy atom. The van der Waals surface area contributed by atoms with E-state index in [0.29, 0.717) is 0 Å². The summed E-state index contributed by atoms with van der Waals surface area (Å²) in [4.78, 5) is 10.5. The Labute approximate surface area is 74.3 Å². The summed E-state index contributed by atoms with van der Waals surface area (Å²) in [5, 5.41) is 13.0. The monoisotopic (exact) mass is 177 g/mol. The Hall–Kier alpha value is -2.04. The number of fused-ring (bicyclic) bond motifs is 1. The second-order valence-electron chi connectivity index (χ2n) is 2.54. The lowest BCUT2D eigenvalue weighted by Gasteiger charge is -2.20. The maximum atomic E-state index is 10.5. The molecule has 0 aromatic heterocycles. The van der Waals surface area contributed by atoms with Gasteiger partial charge in [-0.25, -0.2) is 4.79 Å². The molecular weight excluding hydrogens is 170 g/mol. The molecule has 66 valence electrons. The zero-order valence-corrected chi connectivity index (χ0v) is 6.64. The van der Waals surface area contributed by atoms with E-state index in [4.69, 9.17) is 5.11 Å². The molecule has 0 radical (unpaired) electrons. The Kier molecular flexibility index (Phi) is 1.63. The van der Waals surface area contributed by atoms with Gasteiger partial charge in [-0.3, -0.25) is 5.43 Å². The third-order valence-corrected chi connectivity index (χ3v) is 1.68. The highest BCUT2D eigenvalue weighted by atomic mass is 16.4. The predicted molar refractivity (Wildman–Crippen MR) is 47.5 cm³/mol. The van der Waals surface area contributed by atoms with Crippen LogP contribution < -0.4 is 5.43 Å². The van der Waals surface area contributed by atoms with Crippen molar-refractivity contribution in [1.29, 1.82) is 0 Å². The number of hydrazine groups is 1. The summed E-state index contributed by atoms with van der Waals surface area (Å²) in [6.07, 6.45) is 0.366. The van der Waals surface area contributed by atoms with Crippen LogP contribution in [0.1, 0.15) is 5.56 Å². The van der Waals surface area contributed by atoms with Gasteiger partial charge in [0.15, 0.2) is 0 Å². The van der Waals surface area contributed by atoms with Crippen molar-refractivity contribution in [3.8, 4) is 0 Å². The zero-order valence-electron chi connectivity index (χ0n) is 6.64. The van der Waals surface area contributed by atoms with E-state index < -0.39 is 6.09 Å². The van der Waals surface area contributed by atoms with Crippen LogP contribution in [0, 0.1) is 0 Å². The van der Waals surface area contributed by atoms with Crippen LogP contribution in [0.15, 0.2) is 29.4 Å². The number of carboxylic acid groups (broad SMARTS) is 1. The molecule has 1 aromatic carbocycles. The minimum Gasteiger partial charge on any atom is -0.462 e. The largest absolute Gasteiger partial charge is 0.462 e. The molecule has 2 rings (SSSR count). The van der Waals surface area contributed by atoms with Crippen molar-refractivity contribution in [2.24, 2.45) is 5.10 Å². The zero-order chi connectivity index (χ0) is 9.26. The first-order valence-electron chi connectivity index (χ1n) is 3.70. The molecule has 0 saturated carbocycles. The summed E-state index contributed by atoms with van der Waals surface area (Å²) in [5.74, 6) is 0. The molecule has 0 saturated heterocycles. The number of anilines is 1. The van der Waals surface area contributed by atoms with Crippen molar-refractivity contribution in [3.63, 3.8) is 0 Å². The lowest BCUT2D eigenvalue weighted by molar-refractivity contribution is 0.157. The fourth-order valence-corrected chi connectivity index (χ4v) is 1.07. The van der Waals surface area contributed by atoms with Gasteiger partial charge < -0.3 is 5.11 Å². The first kappa shape index (κ1) is 7.60. The fourth-order valence-electron chi connectivity index (χ4n) is 1.07. The molecule has 0 spiro atoms. The van der Waals surface area contributed by atoms with E-state index in [1.54, 1.807) is 6.07 Å². The number of nitrogens with zero attached hydrogens (tertiary/aromatic N) is 2. The highest BCUT2D eigenvalue weighted by molar-refractivity contribution is 5.90. The molecule has 5 heteroatoms. The van der Waals surface area contributed by atoms with E-state index in [9.17, 15) is 4.79 Å². The first-order chi connectivity index (χ1) is 6.27. The smallest absolute Gasteiger partial charge is 0.447 e. The SMILES string of the molecule is O=C(O)N1N=Cc2ccccc2N1. The molecule has 1 aliphatic rings. The van der Waals surface area contributed by atoms with Crippen LogP contribution in [-0.4, -0.2) is 22.5 Å². The van der Waals surface area contributed by atoms with Gasteiger partial charge in [0.2, 0.25) is 0 Å². The number of hydrogen-bond acceptors (Lipinski definition) is 3. The van der Waals surface area contributed by atoms with Gasteiger partial charge in [-0.1, -0.05) is 18.2 Å². The number of amides is 1. The summed E-state index contributed by atoms with van der Waals surface area (Å²) in [5.41, 5.74) is 4.24. The van der Waals surface area contributed by atoms with Gasteiger partial charge in [0.05, 0.1) is 11.9 Å². The summed E-state index contributed by atoms with van der Waals surface area (Å²) < 4.78 is 0. The highest BCUT2D eigenvalue weighted by Gasteiger charge is 2.14. The van der Waals surface area contributed by atoms with Gasteiger partial charge in [-0.2, -0.15) is 5.10 Å². The van der Waals surface area contributed by atoms with Gasteiger partial charge in [0.1, 0.15) is 0 Å². The third kappa shape index (κ3) is 1.31. The maximum absolute atomic E-state index is 10.5. The van der Waals surface area contributed by atoms with E-state index in [-0.39, 0.29) is 0 Å². The van der Waals surface area contributed by atoms with Crippen LogP contribution in [0.25, 0.3) is 0 Å². The second kappa shape index (κ2) is 2.78. The molecule has 0 unspecified atom stereocenters. The summed E-state index contributed by atoms with van der Waals surface area (Å²) in [6, 6.07) is 7.33. The van der Waals surface area contributed by atoms with E-state index in [2.05, 4.69) is 10.5 Å². The van der Waals surface area contributed by atoms with Crippen molar-refractivity contribution >= 4 is 18.0 Å². The van der Waals surface area contributed by atoms with Crippen LogP contribution in [0.2, 0.25) is 0 Å². The topological polar surface area (TPSA) is 64.9 Å². The minimum atomic E-state index is -1.13. The fraction of sp³-hybridized carbons (Fsp3) is 0. The molecule has 0 atom stereocenters. The van der Waals surface area contributed by atoms with Crippen molar-refractivity contribution in [1.82, 2.24) is 5.12 Å². The number of rotatable bonds is 0. The van der Waals surface area contributed by atoms with Crippen molar-refractivity contribution < 1.29 is 9.90 Å². The van der Waals surface area contributed by atoms with Crippen molar-refractivity contribution in [2.45, 2.75) is 0 Å². The Bertz CT molecular complexity index is 375. The number of benzene rings is 1. The number of carbonyl (C=O) groups is 1. The van der Waals surface area contributed by atoms with Crippen LogP contribution in [0.3, 0.4) is 0 Å². The van der Waals surface area contributed by atoms with E-state index in [1.807, 2.05) is 18.2 Å². The average molecular weight is 177 g/mol. The first-order valence-corrected chi connectivity index (χ1v) is 3.70. The maximum Gasteiger partial charge on any atom is 0.447 e. The Morgan fingerprint density at radius 3 is 3.00 bits per heavy atom. The lowest BCUT2D eigenvalue weighted by Crippen LogP contribution is -2.32. The number of hydrazone groups is 1. The second-order valence-corrected chi connectivity index (χ2v) is 2.54. The molecule has 13 heavy (non-hydrogen) atoms. The minimum absolute atomic E-state index is 0.736. The van der Waals surface area contributed by atoms with Gasteiger partial charge in [-0.15, -0.1) is 5.12 Å². The summed E-state index contributed by atoms with van der Waals surface area (Å²) in [7, 11) is 0. The molecule has 2 N–H and O–H groups in total. The molecule has 1 aliphatic heterocycles. The van der Waals surface area contributed by atoms with Crippen LogP contribution >= 0.6 is 0 Å².